The zero-order chi connectivity index (χ0) is 9.14. The van der Waals surface area contributed by atoms with Crippen molar-refractivity contribution in [1.29, 1.82) is 0 Å². The fraction of sp³-hybridized carbons (Fsp3) is 0.500. The van der Waals surface area contributed by atoms with Crippen LogP contribution in [0.3, 0.4) is 0 Å². The van der Waals surface area contributed by atoms with E-state index in [9.17, 15) is 4.79 Å². The van der Waals surface area contributed by atoms with Crippen molar-refractivity contribution < 1.29 is 0 Å². The van der Waals surface area contributed by atoms with E-state index in [2.05, 4.69) is 25.9 Å². The summed E-state index contributed by atoms with van der Waals surface area (Å²) in [6.45, 7) is 3.94. The SMILES string of the molecule is CCc1nc(CC)c(Br)c(=O)[nH]1. The van der Waals surface area contributed by atoms with E-state index in [1.807, 2.05) is 13.8 Å². The van der Waals surface area contributed by atoms with Crippen molar-refractivity contribution in [2.24, 2.45) is 0 Å². The molecule has 1 aromatic heterocycles. The zero-order valence-electron chi connectivity index (χ0n) is 7.15. The van der Waals surface area contributed by atoms with Crippen molar-refractivity contribution >= 4 is 15.9 Å². The lowest BCUT2D eigenvalue weighted by atomic mass is 10.3. The second-order valence-electron chi connectivity index (χ2n) is 2.48. The summed E-state index contributed by atoms with van der Waals surface area (Å²) in [6, 6.07) is 0. The van der Waals surface area contributed by atoms with Crippen LogP contribution >= 0.6 is 15.9 Å². The molecular weight excluding hydrogens is 220 g/mol. The number of aryl methyl sites for hydroxylation is 2. The number of nitrogens with zero attached hydrogens (tertiary/aromatic N) is 1. The van der Waals surface area contributed by atoms with Crippen molar-refractivity contribution in [3.63, 3.8) is 0 Å². The van der Waals surface area contributed by atoms with Crippen LogP contribution in [0.2, 0.25) is 0 Å². The van der Waals surface area contributed by atoms with Crippen LogP contribution in [0.5, 0.6) is 0 Å². The van der Waals surface area contributed by atoms with Gasteiger partial charge in [0.25, 0.3) is 5.56 Å². The largest absolute Gasteiger partial charge is 0.310 e. The highest BCUT2D eigenvalue weighted by Gasteiger charge is 2.05. The fourth-order valence-electron chi connectivity index (χ4n) is 0.959. The first-order valence-corrected chi connectivity index (χ1v) is 4.75. The molecule has 3 nitrogen and oxygen atoms in total. The molecule has 0 aliphatic rings. The minimum absolute atomic E-state index is 0.0845. The van der Waals surface area contributed by atoms with Gasteiger partial charge in [0.2, 0.25) is 0 Å². The molecular formula is C8H11BrN2O. The average molecular weight is 231 g/mol. The van der Waals surface area contributed by atoms with Gasteiger partial charge in [-0.1, -0.05) is 13.8 Å². The van der Waals surface area contributed by atoms with E-state index < -0.39 is 0 Å². The van der Waals surface area contributed by atoms with Gasteiger partial charge in [0, 0.05) is 6.42 Å². The molecule has 4 heteroatoms. The van der Waals surface area contributed by atoms with Crippen LogP contribution in [0.1, 0.15) is 25.4 Å². The van der Waals surface area contributed by atoms with Crippen molar-refractivity contribution in [2.45, 2.75) is 26.7 Å². The predicted molar refractivity (Wildman–Crippen MR) is 51.3 cm³/mol. The lowest BCUT2D eigenvalue weighted by Crippen LogP contribution is -2.14. The topological polar surface area (TPSA) is 45.8 Å². The van der Waals surface area contributed by atoms with Crippen LogP contribution in [0.25, 0.3) is 0 Å². The lowest BCUT2D eigenvalue weighted by Gasteiger charge is -2.01. The summed E-state index contributed by atoms with van der Waals surface area (Å²) in [4.78, 5) is 18.2. The summed E-state index contributed by atoms with van der Waals surface area (Å²) < 4.78 is 0.558. The Balaban J connectivity index is 3.29. The van der Waals surface area contributed by atoms with Gasteiger partial charge >= 0.3 is 0 Å². The summed E-state index contributed by atoms with van der Waals surface area (Å²) >= 11 is 3.20. The molecule has 0 spiro atoms. The van der Waals surface area contributed by atoms with Crippen LogP contribution in [-0.2, 0) is 12.8 Å². The van der Waals surface area contributed by atoms with Gasteiger partial charge in [0.1, 0.15) is 10.3 Å². The monoisotopic (exact) mass is 230 g/mol. The third kappa shape index (κ3) is 1.75. The Kier molecular flexibility index (Phi) is 3.03. The molecule has 1 heterocycles. The number of hydrogen-bond acceptors (Lipinski definition) is 2. The molecule has 1 N–H and O–H groups in total. The fourth-order valence-corrected chi connectivity index (χ4v) is 1.43. The van der Waals surface area contributed by atoms with Gasteiger partial charge < -0.3 is 4.98 Å². The Bertz CT molecular complexity index is 332. The van der Waals surface area contributed by atoms with Crippen molar-refractivity contribution in [3.8, 4) is 0 Å². The third-order valence-corrected chi connectivity index (χ3v) is 2.47. The maximum atomic E-state index is 11.2. The first-order valence-electron chi connectivity index (χ1n) is 3.96. The molecule has 66 valence electrons. The maximum absolute atomic E-state index is 11.2. The molecule has 12 heavy (non-hydrogen) atoms. The summed E-state index contributed by atoms with van der Waals surface area (Å²) in [6.07, 6.45) is 1.53. The van der Waals surface area contributed by atoms with E-state index in [0.717, 1.165) is 24.4 Å². The molecule has 0 unspecified atom stereocenters. The Hall–Kier alpha value is -0.640. The Morgan fingerprint density at radius 3 is 2.58 bits per heavy atom. The van der Waals surface area contributed by atoms with Gasteiger partial charge in [0.15, 0.2) is 0 Å². The molecule has 0 aromatic carbocycles. The summed E-state index contributed by atoms with van der Waals surface area (Å²) in [7, 11) is 0. The van der Waals surface area contributed by atoms with Gasteiger partial charge in [-0.25, -0.2) is 4.98 Å². The highest BCUT2D eigenvalue weighted by molar-refractivity contribution is 9.10. The first-order chi connectivity index (χ1) is 5.69. The summed E-state index contributed by atoms with van der Waals surface area (Å²) in [5, 5.41) is 0. The van der Waals surface area contributed by atoms with Crippen molar-refractivity contribution in [2.75, 3.05) is 0 Å². The second kappa shape index (κ2) is 3.85. The lowest BCUT2D eigenvalue weighted by molar-refractivity contribution is 0.861. The molecule has 1 aromatic rings. The van der Waals surface area contributed by atoms with Gasteiger partial charge in [-0.2, -0.15) is 0 Å². The van der Waals surface area contributed by atoms with Gasteiger partial charge in [-0.05, 0) is 22.4 Å². The number of aromatic nitrogens is 2. The number of rotatable bonds is 2. The number of H-pyrrole nitrogens is 1. The molecule has 0 saturated heterocycles. The number of hydrogen-bond donors (Lipinski definition) is 1. The minimum atomic E-state index is -0.0845. The van der Waals surface area contributed by atoms with Gasteiger partial charge in [-0.15, -0.1) is 0 Å². The molecule has 1 rings (SSSR count). The predicted octanol–water partition coefficient (Wildman–Crippen LogP) is 1.66. The molecule has 0 radical (unpaired) electrons. The normalized spacial score (nSPS) is 10.2. The van der Waals surface area contributed by atoms with Gasteiger partial charge in [0.05, 0.1) is 5.69 Å². The summed E-state index contributed by atoms with van der Waals surface area (Å²) in [5.41, 5.74) is 0.745. The smallest absolute Gasteiger partial charge is 0.265 e. The molecule has 0 fully saturated rings. The quantitative estimate of drug-likeness (QED) is 0.841. The first kappa shape index (κ1) is 9.45. The average Bonchev–Trinajstić information content (AvgIpc) is 2.09. The van der Waals surface area contributed by atoms with Crippen LogP contribution in [-0.4, -0.2) is 9.97 Å². The zero-order valence-corrected chi connectivity index (χ0v) is 8.73. The second-order valence-corrected chi connectivity index (χ2v) is 3.27. The maximum Gasteiger partial charge on any atom is 0.265 e. The Morgan fingerprint density at radius 1 is 1.42 bits per heavy atom. The Morgan fingerprint density at radius 2 is 2.08 bits per heavy atom. The Labute approximate surface area is 79.4 Å². The van der Waals surface area contributed by atoms with Crippen LogP contribution in [0.15, 0.2) is 9.27 Å². The van der Waals surface area contributed by atoms with Crippen LogP contribution in [0, 0.1) is 0 Å². The number of nitrogens with one attached hydrogen (secondary N) is 1. The van der Waals surface area contributed by atoms with Crippen molar-refractivity contribution in [1.82, 2.24) is 9.97 Å². The van der Waals surface area contributed by atoms with Crippen molar-refractivity contribution in [3.05, 3.63) is 26.3 Å². The molecule has 0 aliphatic heterocycles. The standard InChI is InChI=1S/C8H11BrN2O/c1-3-5-7(9)8(12)11-6(4-2)10-5/h3-4H2,1-2H3,(H,10,11,12). The highest BCUT2D eigenvalue weighted by atomic mass is 79.9. The van der Waals surface area contributed by atoms with E-state index in [1.54, 1.807) is 0 Å². The number of aromatic amines is 1. The van der Waals surface area contributed by atoms with Crippen LogP contribution < -0.4 is 5.56 Å². The minimum Gasteiger partial charge on any atom is -0.310 e. The molecule has 0 saturated carbocycles. The van der Waals surface area contributed by atoms with E-state index in [4.69, 9.17) is 0 Å². The van der Waals surface area contributed by atoms with E-state index in [-0.39, 0.29) is 5.56 Å². The van der Waals surface area contributed by atoms with Crippen LogP contribution in [0.4, 0.5) is 0 Å². The third-order valence-electron chi connectivity index (χ3n) is 1.65. The summed E-state index contributed by atoms with van der Waals surface area (Å²) in [5.74, 6) is 0.750. The molecule has 0 bridgehead atoms. The highest BCUT2D eigenvalue weighted by Crippen LogP contribution is 2.08. The molecule has 0 atom stereocenters. The van der Waals surface area contributed by atoms with E-state index in [1.165, 1.54) is 0 Å². The number of halogens is 1. The molecule has 0 aliphatic carbocycles. The van der Waals surface area contributed by atoms with E-state index >= 15 is 0 Å². The van der Waals surface area contributed by atoms with Gasteiger partial charge in [-0.3, -0.25) is 4.79 Å². The molecule has 0 amide bonds. The van der Waals surface area contributed by atoms with E-state index in [0.29, 0.717) is 4.47 Å².